The molecule has 1 aliphatic heterocycles. The lowest BCUT2D eigenvalue weighted by Gasteiger charge is -2.24. The van der Waals surface area contributed by atoms with Gasteiger partial charge in [0.2, 0.25) is 5.91 Å². The molecule has 1 atom stereocenters. The van der Waals surface area contributed by atoms with Crippen molar-refractivity contribution in [3.05, 3.63) is 57.8 Å². The first kappa shape index (κ1) is 17.7. The predicted octanol–water partition coefficient (Wildman–Crippen LogP) is 3.94. The molecule has 1 aromatic heterocycles. The van der Waals surface area contributed by atoms with Crippen LogP contribution in [0.15, 0.2) is 36.5 Å². The molecule has 2 amide bonds. The van der Waals surface area contributed by atoms with Gasteiger partial charge in [0.1, 0.15) is 6.04 Å². The van der Waals surface area contributed by atoms with Gasteiger partial charge in [-0.15, -0.1) is 0 Å². The molecule has 130 valence electrons. The van der Waals surface area contributed by atoms with Crippen LogP contribution in [0.1, 0.15) is 28.9 Å². The van der Waals surface area contributed by atoms with Gasteiger partial charge < -0.3 is 10.2 Å². The Bertz CT molecular complexity index is 808. The van der Waals surface area contributed by atoms with Gasteiger partial charge in [-0.25, -0.2) is 0 Å². The molecule has 0 radical (unpaired) electrons. The number of hydrogen-bond acceptors (Lipinski definition) is 3. The summed E-state index contributed by atoms with van der Waals surface area (Å²) in [6.45, 7) is 2.39. The smallest absolute Gasteiger partial charge is 0.256 e. The second kappa shape index (κ2) is 7.42. The molecule has 1 fully saturated rings. The minimum atomic E-state index is -0.538. The molecule has 0 aliphatic carbocycles. The zero-order valence-electron chi connectivity index (χ0n) is 13.6. The van der Waals surface area contributed by atoms with E-state index in [0.717, 1.165) is 12.1 Å². The molecule has 5 nitrogen and oxygen atoms in total. The fourth-order valence-corrected chi connectivity index (χ4v) is 3.19. The Morgan fingerprint density at radius 3 is 2.76 bits per heavy atom. The third kappa shape index (κ3) is 3.94. The van der Waals surface area contributed by atoms with Crippen LogP contribution in [0.3, 0.4) is 0 Å². The van der Waals surface area contributed by atoms with Gasteiger partial charge in [0.15, 0.2) is 0 Å². The van der Waals surface area contributed by atoms with Gasteiger partial charge in [0.25, 0.3) is 5.91 Å². The van der Waals surface area contributed by atoms with Crippen LogP contribution in [-0.4, -0.2) is 34.3 Å². The first-order valence-electron chi connectivity index (χ1n) is 7.95. The van der Waals surface area contributed by atoms with Crippen LogP contribution in [0.2, 0.25) is 10.0 Å². The van der Waals surface area contributed by atoms with Crippen molar-refractivity contribution < 1.29 is 9.59 Å². The number of aryl methyl sites for hydroxylation is 1. The van der Waals surface area contributed by atoms with Gasteiger partial charge in [-0.1, -0.05) is 23.2 Å². The first-order valence-corrected chi connectivity index (χ1v) is 8.71. The van der Waals surface area contributed by atoms with Gasteiger partial charge in [-0.05, 0) is 50.1 Å². The molecule has 2 heterocycles. The number of benzene rings is 1. The maximum absolute atomic E-state index is 12.7. The van der Waals surface area contributed by atoms with Gasteiger partial charge in [0.05, 0.1) is 16.3 Å². The van der Waals surface area contributed by atoms with Crippen LogP contribution in [-0.2, 0) is 4.79 Å². The van der Waals surface area contributed by atoms with E-state index in [1.807, 2.05) is 6.92 Å². The maximum atomic E-state index is 12.7. The third-order valence-electron chi connectivity index (χ3n) is 4.16. The van der Waals surface area contributed by atoms with E-state index in [1.54, 1.807) is 41.4 Å². The zero-order valence-corrected chi connectivity index (χ0v) is 15.1. The highest BCUT2D eigenvalue weighted by Gasteiger charge is 2.34. The molecule has 0 bridgehead atoms. The number of likely N-dealkylation sites (tertiary alicyclic amines) is 1. The summed E-state index contributed by atoms with van der Waals surface area (Å²) in [7, 11) is 0. The normalized spacial score (nSPS) is 16.8. The highest BCUT2D eigenvalue weighted by molar-refractivity contribution is 6.35. The van der Waals surface area contributed by atoms with Crippen LogP contribution in [0, 0.1) is 6.92 Å². The number of carbonyl (C=O) groups is 2. The molecule has 1 N–H and O–H groups in total. The summed E-state index contributed by atoms with van der Waals surface area (Å²) in [6.07, 6.45) is 2.92. The fourth-order valence-electron chi connectivity index (χ4n) is 2.85. The Hall–Kier alpha value is -2.11. The monoisotopic (exact) mass is 377 g/mol. The molecule has 0 saturated carbocycles. The average Bonchev–Trinajstić information content (AvgIpc) is 3.08. The van der Waals surface area contributed by atoms with Crippen molar-refractivity contribution >= 4 is 40.7 Å². The topological polar surface area (TPSA) is 62.3 Å². The molecule has 7 heteroatoms. The summed E-state index contributed by atoms with van der Waals surface area (Å²) >= 11 is 12.0. The van der Waals surface area contributed by atoms with E-state index in [4.69, 9.17) is 23.2 Å². The van der Waals surface area contributed by atoms with Crippen LogP contribution >= 0.6 is 23.2 Å². The molecule has 1 saturated heterocycles. The number of amides is 2. The molecule has 25 heavy (non-hydrogen) atoms. The summed E-state index contributed by atoms with van der Waals surface area (Å²) in [5, 5.41) is 3.65. The van der Waals surface area contributed by atoms with Crippen molar-refractivity contribution in [2.45, 2.75) is 25.8 Å². The van der Waals surface area contributed by atoms with Crippen molar-refractivity contribution in [2.75, 3.05) is 11.9 Å². The second-order valence-electron chi connectivity index (χ2n) is 5.96. The number of halogens is 2. The van der Waals surface area contributed by atoms with E-state index >= 15 is 0 Å². The zero-order chi connectivity index (χ0) is 18.0. The minimum absolute atomic E-state index is 0.192. The van der Waals surface area contributed by atoms with Crippen molar-refractivity contribution in [3.63, 3.8) is 0 Å². The molecule has 1 unspecified atom stereocenters. The van der Waals surface area contributed by atoms with E-state index in [0.29, 0.717) is 34.3 Å². The van der Waals surface area contributed by atoms with E-state index in [9.17, 15) is 9.59 Å². The van der Waals surface area contributed by atoms with Crippen molar-refractivity contribution in [1.29, 1.82) is 0 Å². The number of hydrogen-bond donors (Lipinski definition) is 1. The molecular formula is C18H17Cl2N3O2. The van der Waals surface area contributed by atoms with Gasteiger partial charge in [-0.3, -0.25) is 14.6 Å². The van der Waals surface area contributed by atoms with Crippen LogP contribution < -0.4 is 5.32 Å². The minimum Gasteiger partial charge on any atom is -0.327 e. The maximum Gasteiger partial charge on any atom is 0.256 e. The van der Waals surface area contributed by atoms with Crippen LogP contribution in [0.25, 0.3) is 0 Å². The third-order valence-corrected chi connectivity index (χ3v) is 4.73. The summed E-state index contributed by atoms with van der Waals surface area (Å²) < 4.78 is 0. The van der Waals surface area contributed by atoms with Crippen molar-refractivity contribution in [3.8, 4) is 0 Å². The molecule has 3 rings (SSSR count). The fraction of sp³-hybridized carbons (Fsp3) is 0.278. The van der Waals surface area contributed by atoms with Crippen LogP contribution in [0.4, 0.5) is 5.69 Å². The highest BCUT2D eigenvalue weighted by atomic mass is 35.5. The quantitative estimate of drug-likeness (QED) is 0.880. The van der Waals surface area contributed by atoms with Crippen LogP contribution in [0.5, 0.6) is 0 Å². The van der Waals surface area contributed by atoms with Gasteiger partial charge in [-0.2, -0.15) is 0 Å². The number of pyridine rings is 1. The van der Waals surface area contributed by atoms with E-state index in [1.165, 1.54) is 0 Å². The lowest BCUT2D eigenvalue weighted by atomic mass is 10.1. The largest absolute Gasteiger partial charge is 0.327 e. The van der Waals surface area contributed by atoms with E-state index < -0.39 is 6.04 Å². The Balaban J connectivity index is 1.76. The lowest BCUT2D eigenvalue weighted by molar-refractivity contribution is -0.119. The van der Waals surface area contributed by atoms with Gasteiger partial charge >= 0.3 is 0 Å². The second-order valence-corrected chi connectivity index (χ2v) is 6.80. The van der Waals surface area contributed by atoms with E-state index in [2.05, 4.69) is 10.3 Å². The average molecular weight is 378 g/mol. The summed E-state index contributed by atoms with van der Waals surface area (Å²) in [6, 6.07) is 7.83. The lowest BCUT2D eigenvalue weighted by Crippen LogP contribution is -2.43. The number of aromatic nitrogens is 1. The standard InChI is InChI=1S/C18H17Cl2N3O2/c1-11-4-5-12(10-21-11)18(25)23-8-2-3-16(23)17(24)22-15-9-13(19)6-7-14(15)20/h4-7,9-10,16H,2-3,8H2,1H3,(H,22,24). The number of anilines is 1. The Kier molecular flexibility index (Phi) is 5.25. The molecule has 2 aromatic rings. The number of nitrogens with one attached hydrogen (secondary N) is 1. The van der Waals surface area contributed by atoms with Crippen molar-refractivity contribution in [1.82, 2.24) is 9.88 Å². The molecule has 1 aliphatic rings. The predicted molar refractivity (Wildman–Crippen MR) is 98.1 cm³/mol. The molecular weight excluding hydrogens is 361 g/mol. The van der Waals surface area contributed by atoms with Gasteiger partial charge in [0, 0.05) is 23.5 Å². The first-order chi connectivity index (χ1) is 12.0. The molecule has 1 aromatic carbocycles. The molecule has 0 spiro atoms. The number of nitrogens with zero attached hydrogens (tertiary/aromatic N) is 2. The Morgan fingerprint density at radius 2 is 2.04 bits per heavy atom. The van der Waals surface area contributed by atoms with E-state index in [-0.39, 0.29) is 11.8 Å². The SMILES string of the molecule is Cc1ccc(C(=O)N2CCCC2C(=O)Nc2cc(Cl)ccc2Cl)cn1. The van der Waals surface area contributed by atoms with Crippen molar-refractivity contribution in [2.24, 2.45) is 0 Å². The summed E-state index contributed by atoms with van der Waals surface area (Å²) in [5.41, 5.74) is 1.75. The summed E-state index contributed by atoms with van der Waals surface area (Å²) in [4.78, 5) is 31.1. The Labute approximate surface area is 155 Å². The highest BCUT2D eigenvalue weighted by Crippen LogP contribution is 2.27. The Morgan fingerprint density at radius 1 is 1.24 bits per heavy atom. The number of rotatable bonds is 3. The number of carbonyl (C=O) groups excluding carboxylic acids is 2. The summed E-state index contributed by atoms with van der Waals surface area (Å²) in [5.74, 6) is -0.461.